The molecular weight excluding hydrogens is 232 g/mol. The summed E-state index contributed by atoms with van der Waals surface area (Å²) >= 11 is 6.34. The Kier molecular flexibility index (Phi) is 2.83. The maximum Gasteiger partial charge on any atom is 0.109 e. The number of nitrogens with zero attached hydrogens (tertiary/aromatic N) is 2. The average Bonchev–Trinajstić information content (AvgIpc) is 2.87. The van der Waals surface area contributed by atoms with Gasteiger partial charge in [0.1, 0.15) is 5.82 Å². The van der Waals surface area contributed by atoms with Gasteiger partial charge in [0.15, 0.2) is 0 Å². The second-order valence-electron chi connectivity index (χ2n) is 4.99. The average molecular weight is 249 g/mol. The van der Waals surface area contributed by atoms with E-state index >= 15 is 0 Å². The first-order valence-electron chi connectivity index (χ1n) is 6.30. The number of rotatable bonds is 2. The van der Waals surface area contributed by atoms with Gasteiger partial charge in [0.25, 0.3) is 0 Å². The van der Waals surface area contributed by atoms with Crippen LogP contribution in [0.25, 0.3) is 11.0 Å². The SMILES string of the molecule is Cn1c(CC2CCCC2Cl)nc2ccccc21. The van der Waals surface area contributed by atoms with Crippen LogP contribution in [0.5, 0.6) is 0 Å². The third-order valence-electron chi connectivity index (χ3n) is 3.89. The van der Waals surface area contributed by atoms with Gasteiger partial charge < -0.3 is 4.57 Å². The molecule has 17 heavy (non-hydrogen) atoms. The summed E-state index contributed by atoms with van der Waals surface area (Å²) in [6, 6.07) is 8.30. The number of imidazole rings is 1. The summed E-state index contributed by atoms with van der Waals surface area (Å²) in [6.45, 7) is 0. The summed E-state index contributed by atoms with van der Waals surface area (Å²) in [7, 11) is 2.10. The number of hydrogen-bond acceptors (Lipinski definition) is 1. The summed E-state index contributed by atoms with van der Waals surface area (Å²) in [5.74, 6) is 1.77. The Bertz CT molecular complexity index is 532. The van der Waals surface area contributed by atoms with Crippen molar-refractivity contribution in [2.75, 3.05) is 0 Å². The van der Waals surface area contributed by atoms with Crippen molar-refractivity contribution >= 4 is 22.6 Å². The van der Waals surface area contributed by atoms with Crippen molar-refractivity contribution in [2.45, 2.75) is 31.1 Å². The smallest absolute Gasteiger partial charge is 0.109 e. The monoisotopic (exact) mass is 248 g/mol. The molecular formula is C14H17ClN2. The molecule has 2 nitrogen and oxygen atoms in total. The standard InChI is InChI=1S/C14H17ClN2/c1-17-13-8-3-2-7-12(13)16-14(17)9-10-5-4-6-11(10)15/h2-3,7-8,10-11H,4-6,9H2,1H3. The van der Waals surface area contributed by atoms with Crippen LogP contribution in [0.2, 0.25) is 0 Å². The van der Waals surface area contributed by atoms with Crippen LogP contribution in [0.3, 0.4) is 0 Å². The second-order valence-corrected chi connectivity index (χ2v) is 5.55. The molecule has 1 saturated carbocycles. The molecule has 1 heterocycles. The number of halogens is 1. The lowest BCUT2D eigenvalue weighted by Crippen LogP contribution is -2.13. The van der Waals surface area contributed by atoms with E-state index in [1.54, 1.807) is 0 Å². The topological polar surface area (TPSA) is 17.8 Å². The number of fused-ring (bicyclic) bond motifs is 1. The molecule has 0 amide bonds. The van der Waals surface area contributed by atoms with Crippen molar-refractivity contribution in [3.05, 3.63) is 30.1 Å². The second kappa shape index (κ2) is 4.34. The summed E-state index contributed by atoms with van der Waals surface area (Å²) in [4.78, 5) is 4.71. The normalized spacial score (nSPS) is 24.6. The van der Waals surface area contributed by atoms with E-state index in [9.17, 15) is 0 Å². The zero-order valence-electron chi connectivity index (χ0n) is 10.1. The highest BCUT2D eigenvalue weighted by atomic mass is 35.5. The maximum absolute atomic E-state index is 6.34. The Morgan fingerprint density at radius 2 is 2.18 bits per heavy atom. The van der Waals surface area contributed by atoms with E-state index in [4.69, 9.17) is 16.6 Å². The lowest BCUT2D eigenvalue weighted by atomic mass is 10.0. The van der Waals surface area contributed by atoms with Gasteiger partial charge in [-0.2, -0.15) is 0 Å². The molecule has 0 spiro atoms. The zero-order valence-corrected chi connectivity index (χ0v) is 10.8. The van der Waals surface area contributed by atoms with Crippen LogP contribution in [0.1, 0.15) is 25.1 Å². The van der Waals surface area contributed by atoms with E-state index < -0.39 is 0 Å². The minimum Gasteiger partial charge on any atom is -0.331 e. The van der Waals surface area contributed by atoms with Gasteiger partial charge in [0.05, 0.1) is 11.0 Å². The Labute approximate surface area is 107 Å². The molecule has 0 saturated heterocycles. The molecule has 2 atom stereocenters. The molecule has 0 aliphatic heterocycles. The van der Waals surface area contributed by atoms with Crippen LogP contribution in [-0.2, 0) is 13.5 Å². The van der Waals surface area contributed by atoms with Gasteiger partial charge in [-0.3, -0.25) is 0 Å². The quantitative estimate of drug-likeness (QED) is 0.744. The Morgan fingerprint density at radius 1 is 1.35 bits per heavy atom. The van der Waals surface area contributed by atoms with Gasteiger partial charge in [-0.15, -0.1) is 11.6 Å². The van der Waals surface area contributed by atoms with E-state index in [2.05, 4.69) is 29.8 Å². The van der Waals surface area contributed by atoms with Crippen LogP contribution in [0, 0.1) is 5.92 Å². The highest BCUT2D eigenvalue weighted by Crippen LogP contribution is 2.32. The zero-order chi connectivity index (χ0) is 11.8. The van der Waals surface area contributed by atoms with Crippen LogP contribution < -0.4 is 0 Å². The molecule has 0 bridgehead atoms. The molecule has 3 heteroatoms. The van der Waals surface area contributed by atoms with Crippen molar-refractivity contribution < 1.29 is 0 Å². The predicted molar refractivity (Wildman–Crippen MR) is 71.4 cm³/mol. The lowest BCUT2D eigenvalue weighted by molar-refractivity contribution is 0.528. The first-order chi connectivity index (χ1) is 8.25. The summed E-state index contributed by atoms with van der Waals surface area (Å²) < 4.78 is 2.21. The fourth-order valence-corrected chi connectivity index (χ4v) is 3.20. The summed E-state index contributed by atoms with van der Waals surface area (Å²) in [6.07, 6.45) is 4.69. The van der Waals surface area contributed by atoms with Gasteiger partial charge in [-0.05, 0) is 30.9 Å². The van der Waals surface area contributed by atoms with Crippen molar-refractivity contribution in [1.29, 1.82) is 0 Å². The number of para-hydroxylation sites is 2. The first kappa shape index (κ1) is 11.1. The molecule has 2 unspecified atom stereocenters. The van der Waals surface area contributed by atoms with Crippen molar-refractivity contribution in [2.24, 2.45) is 13.0 Å². The van der Waals surface area contributed by atoms with E-state index in [1.807, 2.05) is 6.07 Å². The number of benzene rings is 1. The molecule has 3 rings (SSSR count). The molecule has 1 aliphatic carbocycles. The van der Waals surface area contributed by atoms with Crippen molar-refractivity contribution in [3.8, 4) is 0 Å². The highest BCUT2D eigenvalue weighted by Gasteiger charge is 2.26. The fourth-order valence-electron chi connectivity index (χ4n) is 2.83. The van der Waals surface area contributed by atoms with Crippen LogP contribution in [0.15, 0.2) is 24.3 Å². The molecule has 1 aromatic carbocycles. The van der Waals surface area contributed by atoms with Crippen LogP contribution in [-0.4, -0.2) is 14.9 Å². The van der Waals surface area contributed by atoms with Gasteiger partial charge in [-0.25, -0.2) is 4.98 Å². The highest BCUT2D eigenvalue weighted by molar-refractivity contribution is 6.20. The molecule has 1 fully saturated rings. The predicted octanol–water partition coefficient (Wildman–Crippen LogP) is 3.52. The lowest BCUT2D eigenvalue weighted by Gasteiger charge is -2.12. The molecule has 1 aliphatic rings. The largest absolute Gasteiger partial charge is 0.331 e. The Balaban J connectivity index is 1.92. The minimum atomic E-state index is 0.342. The van der Waals surface area contributed by atoms with Crippen LogP contribution in [0.4, 0.5) is 0 Å². The summed E-state index contributed by atoms with van der Waals surface area (Å²) in [5.41, 5.74) is 2.31. The summed E-state index contributed by atoms with van der Waals surface area (Å²) in [5, 5.41) is 0.342. The fraction of sp³-hybridized carbons (Fsp3) is 0.500. The third-order valence-corrected chi connectivity index (χ3v) is 4.47. The molecule has 0 radical (unpaired) electrons. The molecule has 0 N–H and O–H groups in total. The number of hydrogen-bond donors (Lipinski definition) is 0. The third kappa shape index (κ3) is 1.95. The van der Waals surface area contributed by atoms with E-state index in [0.29, 0.717) is 11.3 Å². The van der Waals surface area contributed by atoms with Gasteiger partial charge in [0.2, 0.25) is 0 Å². The molecule has 1 aromatic heterocycles. The first-order valence-corrected chi connectivity index (χ1v) is 6.74. The van der Waals surface area contributed by atoms with E-state index in [0.717, 1.165) is 18.4 Å². The van der Waals surface area contributed by atoms with Gasteiger partial charge in [0, 0.05) is 18.8 Å². The van der Waals surface area contributed by atoms with Crippen molar-refractivity contribution in [1.82, 2.24) is 9.55 Å². The number of aryl methyl sites for hydroxylation is 1. The van der Waals surface area contributed by atoms with Gasteiger partial charge in [-0.1, -0.05) is 18.6 Å². The Hall–Kier alpha value is -1.02. The maximum atomic E-state index is 6.34. The molecule has 2 aromatic rings. The van der Waals surface area contributed by atoms with Gasteiger partial charge >= 0.3 is 0 Å². The number of aromatic nitrogens is 2. The molecule has 90 valence electrons. The minimum absolute atomic E-state index is 0.342. The van der Waals surface area contributed by atoms with E-state index in [1.165, 1.54) is 24.2 Å². The number of alkyl halides is 1. The van der Waals surface area contributed by atoms with Crippen LogP contribution >= 0.6 is 11.6 Å². The van der Waals surface area contributed by atoms with E-state index in [-0.39, 0.29) is 0 Å². The van der Waals surface area contributed by atoms with Crippen molar-refractivity contribution in [3.63, 3.8) is 0 Å². The Morgan fingerprint density at radius 3 is 2.88 bits per heavy atom.